The number of halogens is 3. The second-order valence-corrected chi connectivity index (χ2v) is 7.93. The van der Waals surface area contributed by atoms with Gasteiger partial charge in [0, 0.05) is 32.4 Å². The zero-order valence-corrected chi connectivity index (χ0v) is 15.3. The average molecular weight is 401 g/mol. The van der Waals surface area contributed by atoms with Gasteiger partial charge in [-0.05, 0) is 24.6 Å². The molecule has 1 aliphatic heterocycles. The molecule has 1 aliphatic rings. The van der Waals surface area contributed by atoms with Gasteiger partial charge in [0.05, 0.1) is 5.56 Å². The summed E-state index contributed by atoms with van der Waals surface area (Å²) in [5.74, 6) is -0.247. The molecule has 0 unspecified atom stereocenters. The van der Waals surface area contributed by atoms with Crippen LogP contribution in [-0.4, -0.2) is 36.9 Å². The third-order valence-corrected chi connectivity index (χ3v) is 5.77. The molecule has 2 aromatic rings. The van der Waals surface area contributed by atoms with Gasteiger partial charge >= 0.3 is 6.18 Å². The van der Waals surface area contributed by atoms with Crippen LogP contribution in [0.2, 0.25) is 0 Å². The van der Waals surface area contributed by atoms with Crippen LogP contribution in [0.4, 0.5) is 13.2 Å². The van der Waals surface area contributed by atoms with E-state index < -0.39 is 21.8 Å². The number of benzene rings is 1. The Morgan fingerprint density at radius 3 is 2.59 bits per heavy atom. The first kappa shape index (κ1) is 19.4. The zero-order chi connectivity index (χ0) is 19.8. The number of nitrogens with zero attached hydrogens (tertiary/aromatic N) is 2. The van der Waals surface area contributed by atoms with Crippen molar-refractivity contribution in [1.82, 2.24) is 14.2 Å². The highest BCUT2D eigenvalue weighted by molar-refractivity contribution is 7.89. The predicted octanol–water partition coefficient (Wildman–Crippen LogP) is 2.46. The largest absolute Gasteiger partial charge is 0.416 e. The van der Waals surface area contributed by atoms with Crippen LogP contribution in [-0.2, 0) is 29.3 Å². The van der Waals surface area contributed by atoms with E-state index in [1.165, 1.54) is 24.4 Å². The van der Waals surface area contributed by atoms with Crippen LogP contribution in [0, 0.1) is 0 Å². The van der Waals surface area contributed by atoms with Crippen molar-refractivity contribution in [3.8, 4) is 0 Å². The Balaban J connectivity index is 1.78. The molecule has 0 aliphatic carbocycles. The second kappa shape index (κ2) is 7.01. The molecule has 0 saturated heterocycles. The van der Waals surface area contributed by atoms with E-state index in [2.05, 4.69) is 4.72 Å². The van der Waals surface area contributed by atoms with Gasteiger partial charge in [0.2, 0.25) is 10.0 Å². The molecule has 0 fully saturated rings. The number of carbonyl (C=O) groups is 1. The lowest BCUT2D eigenvalue weighted by Crippen LogP contribution is -2.39. The molecule has 1 aromatic heterocycles. The maximum Gasteiger partial charge on any atom is 0.416 e. The molecule has 146 valence electrons. The van der Waals surface area contributed by atoms with Gasteiger partial charge in [-0.15, -0.1) is 0 Å². The summed E-state index contributed by atoms with van der Waals surface area (Å²) in [6.07, 6.45) is -3.13. The summed E-state index contributed by atoms with van der Waals surface area (Å²) in [5, 5.41) is 0. The van der Waals surface area contributed by atoms with E-state index in [1.807, 2.05) is 6.92 Å². The molecule has 1 aromatic carbocycles. The Kier molecular flexibility index (Phi) is 5.04. The van der Waals surface area contributed by atoms with Crippen LogP contribution in [0.15, 0.2) is 41.4 Å². The van der Waals surface area contributed by atoms with E-state index in [-0.39, 0.29) is 28.6 Å². The molecule has 1 N–H and O–H groups in total. The fourth-order valence-corrected chi connectivity index (χ4v) is 3.96. The molecule has 2 heterocycles. The number of hydrogen-bond acceptors (Lipinski definition) is 3. The lowest BCUT2D eigenvalue weighted by atomic mass is 10.1. The highest BCUT2D eigenvalue weighted by Crippen LogP contribution is 2.29. The van der Waals surface area contributed by atoms with Gasteiger partial charge in [0.25, 0.3) is 5.91 Å². The quantitative estimate of drug-likeness (QED) is 0.837. The maximum atomic E-state index is 12.8. The van der Waals surface area contributed by atoms with Gasteiger partial charge < -0.3 is 9.47 Å². The van der Waals surface area contributed by atoms with E-state index in [0.717, 1.165) is 12.1 Å². The van der Waals surface area contributed by atoms with Gasteiger partial charge in [-0.2, -0.15) is 13.2 Å². The topological polar surface area (TPSA) is 71.4 Å². The summed E-state index contributed by atoms with van der Waals surface area (Å²) in [7, 11) is -3.97. The highest BCUT2D eigenvalue weighted by Gasteiger charge is 2.31. The van der Waals surface area contributed by atoms with Crippen LogP contribution in [0.1, 0.15) is 28.5 Å². The lowest BCUT2D eigenvalue weighted by molar-refractivity contribution is -0.137. The van der Waals surface area contributed by atoms with Crippen molar-refractivity contribution in [2.75, 3.05) is 13.1 Å². The molecule has 0 atom stereocenters. The molecule has 0 spiro atoms. The number of carbonyl (C=O) groups excluding carboxylic acids is 1. The number of nitrogens with one attached hydrogen (secondary N) is 1. The normalized spacial score (nSPS) is 15.1. The molecule has 27 heavy (non-hydrogen) atoms. The van der Waals surface area contributed by atoms with Crippen LogP contribution in [0.3, 0.4) is 0 Å². The summed E-state index contributed by atoms with van der Waals surface area (Å²) in [6, 6.07) is 5.74. The number of amides is 1. The summed E-state index contributed by atoms with van der Waals surface area (Å²) < 4.78 is 67.1. The van der Waals surface area contributed by atoms with Crippen molar-refractivity contribution in [2.45, 2.75) is 31.1 Å². The SMILES string of the molecule is CCN1CCn2cc(S(=O)(=O)NCc3cccc(C(F)(F)F)c3)cc2C1=O. The minimum atomic E-state index is -4.50. The Labute approximate surface area is 154 Å². The van der Waals surface area contributed by atoms with E-state index in [9.17, 15) is 26.4 Å². The Bertz CT molecular complexity index is 967. The van der Waals surface area contributed by atoms with Gasteiger partial charge in [-0.1, -0.05) is 18.2 Å². The minimum Gasteiger partial charge on any atom is -0.340 e. The standard InChI is InChI=1S/C17H18F3N3O3S/c1-2-22-6-7-23-11-14(9-15(23)16(22)24)27(25,26)21-10-12-4-3-5-13(8-12)17(18,19)20/h3-5,8-9,11,21H,2,6-7,10H2,1H3. The highest BCUT2D eigenvalue weighted by atomic mass is 32.2. The van der Waals surface area contributed by atoms with Crippen molar-refractivity contribution in [3.05, 3.63) is 53.3 Å². The number of likely N-dealkylation sites (N-methyl/N-ethyl adjacent to an activating group) is 1. The summed E-state index contributed by atoms with van der Waals surface area (Å²) in [4.78, 5) is 13.8. The minimum absolute atomic E-state index is 0.0872. The van der Waals surface area contributed by atoms with Crippen LogP contribution in [0.25, 0.3) is 0 Å². The number of rotatable bonds is 5. The summed E-state index contributed by atoms with van der Waals surface area (Å²) in [5.41, 5.74) is -0.378. The van der Waals surface area contributed by atoms with Crippen molar-refractivity contribution in [2.24, 2.45) is 0 Å². The van der Waals surface area contributed by atoms with E-state index in [4.69, 9.17) is 0 Å². The van der Waals surface area contributed by atoms with Gasteiger partial charge in [0.1, 0.15) is 10.6 Å². The third kappa shape index (κ3) is 4.01. The predicted molar refractivity (Wildman–Crippen MR) is 91.5 cm³/mol. The first-order valence-electron chi connectivity index (χ1n) is 8.27. The van der Waals surface area contributed by atoms with Crippen molar-refractivity contribution >= 4 is 15.9 Å². The van der Waals surface area contributed by atoms with Crippen molar-refractivity contribution in [3.63, 3.8) is 0 Å². The number of aromatic nitrogens is 1. The molecule has 10 heteroatoms. The smallest absolute Gasteiger partial charge is 0.340 e. The van der Waals surface area contributed by atoms with Crippen LogP contribution < -0.4 is 4.72 Å². The van der Waals surface area contributed by atoms with Crippen LogP contribution in [0.5, 0.6) is 0 Å². The molecular weight excluding hydrogens is 383 g/mol. The average Bonchev–Trinajstić information content (AvgIpc) is 3.06. The zero-order valence-electron chi connectivity index (χ0n) is 14.5. The molecule has 0 saturated carbocycles. The van der Waals surface area contributed by atoms with Gasteiger partial charge in [-0.3, -0.25) is 4.79 Å². The number of alkyl halides is 3. The van der Waals surface area contributed by atoms with Crippen LogP contribution >= 0.6 is 0 Å². The number of fused-ring (bicyclic) bond motifs is 1. The molecule has 3 rings (SSSR count). The Morgan fingerprint density at radius 2 is 1.93 bits per heavy atom. The lowest BCUT2D eigenvalue weighted by Gasteiger charge is -2.26. The first-order valence-corrected chi connectivity index (χ1v) is 9.75. The summed E-state index contributed by atoms with van der Waals surface area (Å²) in [6.45, 7) is 3.05. The summed E-state index contributed by atoms with van der Waals surface area (Å²) >= 11 is 0. The van der Waals surface area contributed by atoms with Crippen molar-refractivity contribution < 1.29 is 26.4 Å². The molecule has 1 amide bonds. The number of hydrogen-bond donors (Lipinski definition) is 1. The fourth-order valence-electron chi connectivity index (χ4n) is 2.91. The Hall–Kier alpha value is -2.33. The first-order chi connectivity index (χ1) is 12.6. The van der Waals surface area contributed by atoms with Crippen molar-refractivity contribution in [1.29, 1.82) is 0 Å². The number of sulfonamides is 1. The van der Waals surface area contributed by atoms with E-state index in [1.54, 1.807) is 9.47 Å². The molecule has 6 nitrogen and oxygen atoms in total. The second-order valence-electron chi connectivity index (χ2n) is 6.16. The van der Waals surface area contributed by atoms with Gasteiger partial charge in [0.15, 0.2) is 0 Å². The third-order valence-electron chi connectivity index (χ3n) is 4.40. The molecular formula is C17H18F3N3O3S. The Morgan fingerprint density at radius 1 is 1.19 bits per heavy atom. The van der Waals surface area contributed by atoms with E-state index >= 15 is 0 Å². The fraction of sp³-hybridized carbons (Fsp3) is 0.353. The molecule has 0 radical (unpaired) electrons. The monoisotopic (exact) mass is 401 g/mol. The van der Waals surface area contributed by atoms with E-state index in [0.29, 0.717) is 19.6 Å². The maximum absolute atomic E-state index is 12.8. The van der Waals surface area contributed by atoms with Gasteiger partial charge in [-0.25, -0.2) is 13.1 Å². The molecule has 0 bridgehead atoms.